The van der Waals surface area contributed by atoms with Crippen LogP contribution in [0.15, 0.2) is 0 Å². The van der Waals surface area contributed by atoms with E-state index in [-0.39, 0.29) is 0 Å². The fourth-order valence-corrected chi connectivity index (χ4v) is 3.73. The van der Waals surface area contributed by atoms with E-state index < -0.39 is 0 Å². The van der Waals surface area contributed by atoms with Crippen molar-refractivity contribution in [3.63, 3.8) is 0 Å². The molecule has 1 heterocycles. The Labute approximate surface area is 125 Å². The van der Waals surface area contributed by atoms with E-state index in [1.165, 1.54) is 38.5 Å². The summed E-state index contributed by atoms with van der Waals surface area (Å²) in [4.78, 5) is 9.17. The molecule has 110 valence electrons. The van der Waals surface area contributed by atoms with Crippen molar-refractivity contribution in [2.75, 3.05) is 17.3 Å². The topological polar surface area (TPSA) is 63.8 Å². The van der Waals surface area contributed by atoms with Crippen LogP contribution in [0.25, 0.3) is 0 Å². The average molecular weight is 292 g/mol. The number of hydrogen-bond acceptors (Lipinski definition) is 5. The Morgan fingerprint density at radius 1 is 1.20 bits per heavy atom. The van der Waals surface area contributed by atoms with E-state index in [0.29, 0.717) is 17.8 Å². The molecule has 2 aliphatic carbocycles. The van der Waals surface area contributed by atoms with Crippen LogP contribution in [0.1, 0.15) is 55.8 Å². The van der Waals surface area contributed by atoms with Crippen molar-refractivity contribution in [1.29, 1.82) is 0 Å². The molecule has 5 heteroatoms. The summed E-state index contributed by atoms with van der Waals surface area (Å²) in [5, 5.41) is 4.41. The van der Waals surface area contributed by atoms with Crippen LogP contribution >= 0.6 is 11.8 Å². The molecule has 0 bridgehead atoms. The van der Waals surface area contributed by atoms with Gasteiger partial charge in [0.2, 0.25) is 0 Å². The zero-order chi connectivity index (χ0) is 14.1. The van der Waals surface area contributed by atoms with Crippen LogP contribution in [-0.2, 0) is 0 Å². The maximum absolute atomic E-state index is 6.05. The van der Waals surface area contributed by atoms with Gasteiger partial charge in [0.1, 0.15) is 17.5 Å². The van der Waals surface area contributed by atoms with E-state index in [1.807, 2.05) is 18.7 Å². The van der Waals surface area contributed by atoms with Crippen LogP contribution in [0.2, 0.25) is 0 Å². The maximum atomic E-state index is 6.05. The molecule has 2 aliphatic rings. The number of aromatic nitrogens is 2. The lowest BCUT2D eigenvalue weighted by Gasteiger charge is -2.29. The second kappa shape index (κ2) is 5.80. The highest BCUT2D eigenvalue weighted by Gasteiger charge is 2.28. The Balaban J connectivity index is 1.75. The van der Waals surface area contributed by atoms with Crippen LogP contribution in [0.5, 0.6) is 0 Å². The number of nitrogens with zero attached hydrogens (tertiary/aromatic N) is 2. The predicted molar refractivity (Wildman–Crippen MR) is 86.3 cm³/mol. The predicted octanol–water partition coefficient (Wildman–Crippen LogP) is 3.33. The summed E-state index contributed by atoms with van der Waals surface area (Å²) < 4.78 is 0. The van der Waals surface area contributed by atoms with E-state index in [1.54, 1.807) is 0 Å². The van der Waals surface area contributed by atoms with Crippen molar-refractivity contribution in [2.24, 2.45) is 0 Å². The fraction of sp³-hybridized carbons (Fsp3) is 0.733. The average Bonchev–Trinajstić information content (AvgIpc) is 3.28. The molecule has 0 aromatic carbocycles. The normalized spacial score (nSPS) is 26.5. The Morgan fingerprint density at radius 3 is 2.70 bits per heavy atom. The largest absolute Gasteiger partial charge is 0.383 e. The maximum Gasteiger partial charge on any atom is 0.136 e. The lowest BCUT2D eigenvalue weighted by atomic mass is 9.95. The highest BCUT2D eigenvalue weighted by atomic mass is 32.2. The number of nitrogens with two attached hydrogens (primary N) is 1. The molecule has 2 fully saturated rings. The molecule has 2 unspecified atom stereocenters. The Morgan fingerprint density at radius 2 is 2.00 bits per heavy atom. The van der Waals surface area contributed by atoms with E-state index in [4.69, 9.17) is 10.7 Å². The highest BCUT2D eigenvalue weighted by Crippen LogP contribution is 2.39. The minimum atomic E-state index is 0.529. The molecule has 2 atom stereocenters. The number of thioether (sulfide) groups is 1. The van der Waals surface area contributed by atoms with Crippen LogP contribution < -0.4 is 11.1 Å². The third kappa shape index (κ3) is 3.03. The van der Waals surface area contributed by atoms with Crippen LogP contribution in [0.3, 0.4) is 0 Å². The summed E-state index contributed by atoms with van der Waals surface area (Å²) in [7, 11) is 0. The quantitative estimate of drug-likeness (QED) is 0.891. The summed E-state index contributed by atoms with van der Waals surface area (Å²) in [6.07, 6.45) is 9.74. The van der Waals surface area contributed by atoms with Crippen molar-refractivity contribution in [1.82, 2.24) is 9.97 Å². The first-order chi connectivity index (χ1) is 9.67. The summed E-state index contributed by atoms with van der Waals surface area (Å²) in [5.41, 5.74) is 7.05. The molecule has 3 N–H and O–H groups in total. The van der Waals surface area contributed by atoms with Gasteiger partial charge in [0.15, 0.2) is 0 Å². The van der Waals surface area contributed by atoms with Gasteiger partial charge in [-0.3, -0.25) is 0 Å². The molecule has 0 amide bonds. The second-order valence-corrected chi connectivity index (χ2v) is 7.22. The number of nitrogen functional groups attached to an aromatic ring is 1. The molecule has 0 radical (unpaired) electrons. The molecule has 1 aromatic heterocycles. The van der Waals surface area contributed by atoms with Gasteiger partial charge in [0.05, 0.1) is 0 Å². The van der Waals surface area contributed by atoms with Gasteiger partial charge in [-0.15, -0.1) is 0 Å². The van der Waals surface area contributed by atoms with Crippen molar-refractivity contribution >= 4 is 23.4 Å². The lowest BCUT2D eigenvalue weighted by Crippen LogP contribution is -2.29. The summed E-state index contributed by atoms with van der Waals surface area (Å²) in [5.74, 6) is 3.09. The van der Waals surface area contributed by atoms with E-state index in [9.17, 15) is 0 Å². The molecule has 0 saturated heterocycles. The van der Waals surface area contributed by atoms with Crippen LogP contribution in [0.4, 0.5) is 11.6 Å². The van der Waals surface area contributed by atoms with Crippen molar-refractivity contribution < 1.29 is 0 Å². The van der Waals surface area contributed by atoms with Gasteiger partial charge in [-0.2, -0.15) is 11.8 Å². The number of rotatable bonds is 4. The molecule has 20 heavy (non-hydrogen) atoms. The smallest absolute Gasteiger partial charge is 0.136 e. The summed E-state index contributed by atoms with van der Waals surface area (Å²) in [6.45, 7) is 2.02. The first kappa shape index (κ1) is 14.0. The van der Waals surface area contributed by atoms with Crippen molar-refractivity contribution in [3.05, 3.63) is 11.4 Å². The van der Waals surface area contributed by atoms with E-state index in [0.717, 1.165) is 22.5 Å². The van der Waals surface area contributed by atoms with E-state index >= 15 is 0 Å². The second-order valence-electron chi connectivity index (χ2n) is 6.08. The van der Waals surface area contributed by atoms with Gasteiger partial charge < -0.3 is 11.1 Å². The Kier molecular flexibility index (Phi) is 4.06. The molecular formula is C15H24N4S. The zero-order valence-corrected chi connectivity index (χ0v) is 13.2. The molecule has 1 aromatic rings. The van der Waals surface area contributed by atoms with Gasteiger partial charge >= 0.3 is 0 Å². The van der Waals surface area contributed by atoms with Crippen molar-refractivity contribution in [2.45, 2.75) is 62.7 Å². The minimum Gasteiger partial charge on any atom is -0.383 e. The Hall–Kier alpha value is -0.970. The molecule has 0 spiro atoms. The minimum absolute atomic E-state index is 0.529. The Bertz CT molecular complexity index is 487. The monoisotopic (exact) mass is 292 g/mol. The first-order valence-corrected chi connectivity index (χ1v) is 8.89. The summed E-state index contributed by atoms with van der Waals surface area (Å²) in [6, 6.07) is 0.529. The third-order valence-corrected chi connectivity index (χ3v) is 5.54. The summed E-state index contributed by atoms with van der Waals surface area (Å²) >= 11 is 1.99. The van der Waals surface area contributed by atoms with Gasteiger partial charge in [-0.05, 0) is 45.3 Å². The van der Waals surface area contributed by atoms with Gasteiger partial charge in [-0.25, -0.2) is 9.97 Å². The molecule has 3 rings (SSSR count). The third-order valence-electron chi connectivity index (χ3n) is 4.44. The van der Waals surface area contributed by atoms with E-state index in [2.05, 4.69) is 16.6 Å². The van der Waals surface area contributed by atoms with Crippen molar-refractivity contribution in [3.8, 4) is 0 Å². The van der Waals surface area contributed by atoms with Gasteiger partial charge in [0.25, 0.3) is 0 Å². The molecule has 0 aliphatic heterocycles. The van der Waals surface area contributed by atoms with Gasteiger partial charge in [-0.1, -0.05) is 6.42 Å². The van der Waals surface area contributed by atoms with Crippen LogP contribution in [-0.4, -0.2) is 27.5 Å². The van der Waals surface area contributed by atoms with Crippen LogP contribution in [0, 0.1) is 6.92 Å². The first-order valence-electron chi connectivity index (χ1n) is 7.60. The number of anilines is 2. The molecular weight excluding hydrogens is 268 g/mol. The fourth-order valence-electron chi connectivity index (χ4n) is 2.90. The number of nitrogens with one attached hydrogen (secondary N) is 1. The standard InChI is InChI=1S/C15H24N4S/c1-9-13(16)18-15(10-6-7-10)19-14(9)17-11-4-3-5-12(8-11)20-2/h10-12H,3-8H2,1-2H3,(H3,16,17,18,19). The number of hydrogen-bond donors (Lipinski definition) is 2. The lowest BCUT2D eigenvalue weighted by molar-refractivity contribution is 0.472. The van der Waals surface area contributed by atoms with Gasteiger partial charge in [0, 0.05) is 22.8 Å². The molecule has 2 saturated carbocycles. The highest BCUT2D eigenvalue weighted by molar-refractivity contribution is 7.99. The zero-order valence-electron chi connectivity index (χ0n) is 12.4. The molecule has 4 nitrogen and oxygen atoms in total. The SMILES string of the molecule is CSC1CCCC(Nc2nc(C3CC3)nc(N)c2C)C1.